The molecule has 0 saturated heterocycles. The third-order valence-corrected chi connectivity index (χ3v) is 3.44. The van der Waals surface area contributed by atoms with Gasteiger partial charge < -0.3 is 11.1 Å². The summed E-state index contributed by atoms with van der Waals surface area (Å²) < 4.78 is 0.713. The molecule has 1 aromatic heterocycles. The van der Waals surface area contributed by atoms with Crippen LogP contribution in [-0.4, -0.2) is 10.9 Å². The summed E-state index contributed by atoms with van der Waals surface area (Å²) in [5.74, 6) is -0.315. The van der Waals surface area contributed by atoms with Gasteiger partial charge in [-0.3, -0.25) is 4.79 Å². The van der Waals surface area contributed by atoms with Crippen molar-refractivity contribution in [3.63, 3.8) is 0 Å². The summed E-state index contributed by atoms with van der Waals surface area (Å²) in [7, 11) is 0. The van der Waals surface area contributed by atoms with Crippen LogP contribution in [0.4, 0.5) is 11.4 Å². The van der Waals surface area contributed by atoms with Crippen LogP contribution in [0.25, 0.3) is 0 Å². The maximum absolute atomic E-state index is 12.1. The van der Waals surface area contributed by atoms with Crippen molar-refractivity contribution in [2.45, 2.75) is 6.92 Å². The SMILES string of the molecule is Cc1nc(Br)ccc1NC(=O)c1cccc(N)c1Cl. The van der Waals surface area contributed by atoms with Crippen molar-refractivity contribution in [3.8, 4) is 0 Å². The number of hydrogen-bond donors (Lipinski definition) is 2. The minimum Gasteiger partial charge on any atom is -0.398 e. The summed E-state index contributed by atoms with van der Waals surface area (Å²) in [6.45, 7) is 1.81. The Balaban J connectivity index is 2.28. The van der Waals surface area contributed by atoms with Crippen LogP contribution in [0.2, 0.25) is 5.02 Å². The standard InChI is InChI=1S/C13H11BrClN3O/c1-7-10(5-6-11(14)17-7)18-13(19)8-3-2-4-9(16)12(8)15/h2-6H,16H2,1H3,(H,18,19). The Labute approximate surface area is 124 Å². The zero-order chi connectivity index (χ0) is 14.0. The second-order valence-corrected chi connectivity index (χ2v) is 5.12. The van der Waals surface area contributed by atoms with Crippen molar-refractivity contribution in [2.75, 3.05) is 11.1 Å². The molecule has 3 N–H and O–H groups in total. The Kier molecular flexibility index (Phi) is 4.07. The number of rotatable bonds is 2. The van der Waals surface area contributed by atoms with Crippen molar-refractivity contribution >= 4 is 44.8 Å². The molecule has 0 aliphatic rings. The number of carbonyl (C=O) groups excluding carboxylic acids is 1. The van der Waals surface area contributed by atoms with E-state index in [1.54, 1.807) is 37.3 Å². The molecule has 0 aliphatic carbocycles. The zero-order valence-corrected chi connectivity index (χ0v) is 12.4. The van der Waals surface area contributed by atoms with E-state index in [2.05, 4.69) is 26.2 Å². The fourth-order valence-corrected chi connectivity index (χ4v) is 2.19. The number of aryl methyl sites for hydroxylation is 1. The number of hydrogen-bond acceptors (Lipinski definition) is 3. The van der Waals surface area contributed by atoms with Crippen molar-refractivity contribution < 1.29 is 4.79 Å². The third kappa shape index (κ3) is 3.05. The van der Waals surface area contributed by atoms with Gasteiger partial charge >= 0.3 is 0 Å². The van der Waals surface area contributed by atoms with E-state index in [1.807, 2.05) is 0 Å². The lowest BCUT2D eigenvalue weighted by Crippen LogP contribution is -2.14. The topological polar surface area (TPSA) is 68.0 Å². The van der Waals surface area contributed by atoms with Gasteiger partial charge in [0.1, 0.15) is 4.60 Å². The average molecular weight is 341 g/mol. The number of aromatic nitrogens is 1. The molecule has 98 valence electrons. The van der Waals surface area contributed by atoms with Gasteiger partial charge in [0.25, 0.3) is 5.91 Å². The summed E-state index contributed by atoms with van der Waals surface area (Å²) >= 11 is 9.28. The van der Waals surface area contributed by atoms with Crippen molar-refractivity contribution in [3.05, 3.63) is 51.2 Å². The Hall–Kier alpha value is -1.59. The van der Waals surface area contributed by atoms with Gasteiger partial charge in [-0.15, -0.1) is 0 Å². The predicted molar refractivity (Wildman–Crippen MR) is 80.5 cm³/mol. The molecule has 19 heavy (non-hydrogen) atoms. The molecule has 2 rings (SSSR count). The molecule has 0 saturated carbocycles. The van der Waals surface area contributed by atoms with Gasteiger partial charge in [0.15, 0.2) is 0 Å². The molecule has 0 aliphatic heterocycles. The molecule has 1 amide bonds. The molecular formula is C13H11BrClN3O. The van der Waals surface area contributed by atoms with Crippen LogP contribution in [-0.2, 0) is 0 Å². The lowest BCUT2D eigenvalue weighted by atomic mass is 10.2. The third-order valence-electron chi connectivity index (χ3n) is 2.57. The summed E-state index contributed by atoms with van der Waals surface area (Å²) in [6, 6.07) is 8.47. The molecule has 0 unspecified atom stereocenters. The van der Waals surface area contributed by atoms with Gasteiger partial charge in [0.2, 0.25) is 0 Å². The van der Waals surface area contributed by atoms with E-state index < -0.39 is 0 Å². The first-order valence-corrected chi connectivity index (χ1v) is 6.64. The first kappa shape index (κ1) is 13.8. The van der Waals surface area contributed by atoms with Crippen LogP contribution < -0.4 is 11.1 Å². The van der Waals surface area contributed by atoms with Crippen LogP contribution in [0.5, 0.6) is 0 Å². The zero-order valence-electron chi connectivity index (χ0n) is 10.1. The number of carbonyl (C=O) groups is 1. The molecule has 1 aromatic carbocycles. The van der Waals surface area contributed by atoms with Crippen molar-refractivity contribution in [1.29, 1.82) is 0 Å². The maximum Gasteiger partial charge on any atom is 0.257 e. The van der Waals surface area contributed by atoms with E-state index in [1.165, 1.54) is 0 Å². The monoisotopic (exact) mass is 339 g/mol. The normalized spacial score (nSPS) is 10.3. The van der Waals surface area contributed by atoms with E-state index in [-0.39, 0.29) is 10.9 Å². The van der Waals surface area contributed by atoms with Crippen molar-refractivity contribution in [1.82, 2.24) is 4.98 Å². The highest BCUT2D eigenvalue weighted by atomic mass is 79.9. The second-order valence-electron chi connectivity index (χ2n) is 3.93. The number of nitrogens with two attached hydrogens (primary N) is 1. The summed E-state index contributed by atoms with van der Waals surface area (Å²) in [6.07, 6.45) is 0. The lowest BCUT2D eigenvalue weighted by molar-refractivity contribution is 0.102. The first-order chi connectivity index (χ1) is 8.99. The Morgan fingerprint density at radius 2 is 2.11 bits per heavy atom. The summed E-state index contributed by atoms with van der Waals surface area (Å²) in [5.41, 5.74) is 7.73. The average Bonchev–Trinajstić information content (AvgIpc) is 2.36. The maximum atomic E-state index is 12.1. The number of nitrogens with zero attached hydrogens (tertiary/aromatic N) is 1. The smallest absolute Gasteiger partial charge is 0.257 e. The number of halogens is 2. The van der Waals surface area contributed by atoms with E-state index in [4.69, 9.17) is 17.3 Å². The molecule has 0 radical (unpaired) electrons. The van der Waals surface area contributed by atoms with Crippen LogP contribution >= 0.6 is 27.5 Å². The fraction of sp³-hybridized carbons (Fsp3) is 0.0769. The summed E-state index contributed by atoms with van der Waals surface area (Å²) in [5, 5.41) is 3.01. The molecule has 1 heterocycles. The van der Waals surface area contributed by atoms with E-state index in [0.29, 0.717) is 27.2 Å². The molecule has 6 heteroatoms. The Morgan fingerprint density at radius 1 is 1.37 bits per heavy atom. The van der Waals surface area contributed by atoms with E-state index >= 15 is 0 Å². The minimum absolute atomic E-state index is 0.253. The number of nitrogens with one attached hydrogen (secondary N) is 1. The molecule has 2 aromatic rings. The number of pyridine rings is 1. The van der Waals surface area contributed by atoms with Gasteiger partial charge in [-0.2, -0.15) is 0 Å². The van der Waals surface area contributed by atoms with Crippen LogP contribution in [0, 0.1) is 6.92 Å². The minimum atomic E-state index is -0.315. The predicted octanol–water partition coefficient (Wildman–Crippen LogP) is 3.64. The molecule has 0 bridgehead atoms. The van der Waals surface area contributed by atoms with E-state index in [9.17, 15) is 4.79 Å². The molecule has 4 nitrogen and oxygen atoms in total. The van der Waals surface area contributed by atoms with Crippen LogP contribution in [0.3, 0.4) is 0 Å². The molecule has 0 spiro atoms. The van der Waals surface area contributed by atoms with Gasteiger partial charge in [-0.05, 0) is 47.1 Å². The highest BCUT2D eigenvalue weighted by Gasteiger charge is 2.13. The lowest BCUT2D eigenvalue weighted by Gasteiger charge is -2.10. The molecular weight excluding hydrogens is 330 g/mol. The number of amides is 1. The highest BCUT2D eigenvalue weighted by molar-refractivity contribution is 9.10. The van der Waals surface area contributed by atoms with Gasteiger partial charge in [0.05, 0.1) is 27.7 Å². The summed E-state index contributed by atoms with van der Waals surface area (Å²) in [4.78, 5) is 16.3. The van der Waals surface area contributed by atoms with Crippen LogP contribution in [0.15, 0.2) is 34.9 Å². The quantitative estimate of drug-likeness (QED) is 0.648. The number of anilines is 2. The van der Waals surface area contributed by atoms with Crippen LogP contribution in [0.1, 0.15) is 16.1 Å². The van der Waals surface area contributed by atoms with Gasteiger partial charge in [-0.1, -0.05) is 17.7 Å². The number of nitrogen functional groups attached to an aromatic ring is 1. The Morgan fingerprint density at radius 3 is 2.79 bits per heavy atom. The molecule has 0 atom stereocenters. The molecule has 0 fully saturated rings. The van der Waals surface area contributed by atoms with E-state index in [0.717, 1.165) is 0 Å². The highest BCUT2D eigenvalue weighted by Crippen LogP contribution is 2.24. The van der Waals surface area contributed by atoms with Crippen molar-refractivity contribution in [2.24, 2.45) is 0 Å². The largest absolute Gasteiger partial charge is 0.398 e. The van der Waals surface area contributed by atoms with Gasteiger partial charge in [0, 0.05) is 0 Å². The second kappa shape index (κ2) is 5.59. The fourth-order valence-electron chi connectivity index (χ4n) is 1.58. The number of benzene rings is 1. The first-order valence-electron chi connectivity index (χ1n) is 5.47. The Bertz CT molecular complexity index is 646. The van der Waals surface area contributed by atoms with Gasteiger partial charge in [-0.25, -0.2) is 4.98 Å².